The van der Waals surface area contributed by atoms with Crippen molar-refractivity contribution in [1.29, 1.82) is 0 Å². The van der Waals surface area contributed by atoms with Crippen molar-refractivity contribution in [2.45, 2.75) is 31.7 Å². The summed E-state index contributed by atoms with van der Waals surface area (Å²) in [6.45, 7) is 0. The Morgan fingerprint density at radius 3 is 2.56 bits per heavy atom. The van der Waals surface area contributed by atoms with Gasteiger partial charge >= 0.3 is 0 Å². The van der Waals surface area contributed by atoms with E-state index in [1.54, 1.807) is 0 Å². The van der Waals surface area contributed by atoms with E-state index in [0.717, 1.165) is 6.42 Å². The predicted octanol–water partition coefficient (Wildman–Crippen LogP) is 4.08. The second-order valence-corrected chi connectivity index (χ2v) is 5.13. The van der Waals surface area contributed by atoms with Gasteiger partial charge in [-0.3, -0.25) is 0 Å². The highest BCUT2D eigenvalue weighted by Crippen LogP contribution is 2.30. The molecule has 18 heavy (non-hydrogen) atoms. The summed E-state index contributed by atoms with van der Waals surface area (Å²) >= 11 is 0. The number of benzene rings is 2. The summed E-state index contributed by atoms with van der Waals surface area (Å²) in [5.41, 5.74) is 11.7. The number of aryl methyl sites for hydroxylation is 1. The number of hydrogen-bond acceptors (Lipinski definition) is 1. The zero-order chi connectivity index (χ0) is 12.4. The van der Waals surface area contributed by atoms with E-state index in [9.17, 15) is 0 Å². The Balaban J connectivity index is 2.04. The molecule has 0 saturated carbocycles. The molecule has 1 atom stereocenters. The van der Waals surface area contributed by atoms with Crippen molar-refractivity contribution >= 4 is 0 Å². The fraction of sp³-hybridized carbons (Fsp3) is 0.294. The fourth-order valence-corrected chi connectivity index (χ4v) is 2.81. The molecule has 3 rings (SSSR count). The Hall–Kier alpha value is -1.60. The second kappa shape index (κ2) is 4.95. The molecule has 0 spiro atoms. The Morgan fingerprint density at radius 2 is 1.72 bits per heavy atom. The Kier molecular flexibility index (Phi) is 3.16. The Morgan fingerprint density at radius 1 is 0.889 bits per heavy atom. The highest BCUT2D eigenvalue weighted by molar-refractivity contribution is 5.65. The number of hydrogen-bond donors (Lipinski definition) is 1. The van der Waals surface area contributed by atoms with E-state index in [1.807, 2.05) is 0 Å². The largest absolute Gasteiger partial charge is 0.324 e. The van der Waals surface area contributed by atoms with Crippen LogP contribution in [-0.2, 0) is 6.42 Å². The van der Waals surface area contributed by atoms with Gasteiger partial charge in [0.05, 0.1) is 0 Å². The van der Waals surface area contributed by atoms with E-state index in [1.165, 1.54) is 41.5 Å². The molecule has 0 heterocycles. The maximum Gasteiger partial charge on any atom is 0.0297 e. The van der Waals surface area contributed by atoms with Gasteiger partial charge in [-0.1, -0.05) is 48.9 Å². The van der Waals surface area contributed by atoms with Gasteiger partial charge in [0.2, 0.25) is 0 Å². The van der Waals surface area contributed by atoms with Crippen molar-refractivity contribution in [1.82, 2.24) is 0 Å². The maximum atomic E-state index is 6.29. The summed E-state index contributed by atoms with van der Waals surface area (Å²) in [7, 11) is 0. The summed E-state index contributed by atoms with van der Waals surface area (Å²) in [6.07, 6.45) is 4.81. The van der Waals surface area contributed by atoms with Crippen LogP contribution in [0.15, 0.2) is 48.5 Å². The topological polar surface area (TPSA) is 26.0 Å². The van der Waals surface area contributed by atoms with Gasteiger partial charge in [-0.2, -0.15) is 0 Å². The van der Waals surface area contributed by atoms with Gasteiger partial charge in [0.15, 0.2) is 0 Å². The van der Waals surface area contributed by atoms with Crippen molar-refractivity contribution in [3.05, 3.63) is 59.7 Å². The monoisotopic (exact) mass is 237 g/mol. The molecule has 1 nitrogen and oxygen atoms in total. The van der Waals surface area contributed by atoms with Crippen LogP contribution in [0.5, 0.6) is 0 Å². The minimum absolute atomic E-state index is 0.214. The standard InChI is InChI=1S/C17H19N/c18-17-9-5-4-8-14-10-11-15(12-16(14)17)13-6-2-1-3-7-13/h1-3,6-7,10-12,17H,4-5,8-9,18H2/t17-/m1/s1. The molecule has 0 amide bonds. The molecule has 0 aliphatic heterocycles. The molecule has 2 N–H and O–H groups in total. The summed E-state index contributed by atoms with van der Waals surface area (Å²) < 4.78 is 0. The SMILES string of the molecule is N[C@@H]1CCCCc2ccc(-c3ccccc3)cc21. The van der Waals surface area contributed by atoms with E-state index in [2.05, 4.69) is 48.5 Å². The number of fused-ring (bicyclic) bond motifs is 1. The normalized spacial score (nSPS) is 19.1. The lowest BCUT2D eigenvalue weighted by atomic mass is 9.94. The van der Waals surface area contributed by atoms with Gasteiger partial charge in [0.1, 0.15) is 0 Å². The van der Waals surface area contributed by atoms with Crippen molar-refractivity contribution in [2.24, 2.45) is 5.73 Å². The van der Waals surface area contributed by atoms with Gasteiger partial charge in [-0.15, -0.1) is 0 Å². The van der Waals surface area contributed by atoms with Crippen LogP contribution >= 0.6 is 0 Å². The molecule has 0 fully saturated rings. The maximum absolute atomic E-state index is 6.29. The third-order valence-corrected chi connectivity index (χ3v) is 3.86. The van der Waals surface area contributed by atoms with Crippen LogP contribution in [0.1, 0.15) is 36.4 Å². The van der Waals surface area contributed by atoms with Crippen LogP contribution in [0.3, 0.4) is 0 Å². The van der Waals surface area contributed by atoms with Gasteiger partial charge < -0.3 is 5.73 Å². The molecule has 2 aromatic rings. The minimum Gasteiger partial charge on any atom is -0.324 e. The van der Waals surface area contributed by atoms with Crippen molar-refractivity contribution in [2.75, 3.05) is 0 Å². The van der Waals surface area contributed by atoms with Crippen LogP contribution in [0.25, 0.3) is 11.1 Å². The first-order valence-electron chi connectivity index (χ1n) is 6.78. The molecular weight excluding hydrogens is 218 g/mol. The lowest BCUT2D eigenvalue weighted by Gasteiger charge is -2.14. The smallest absolute Gasteiger partial charge is 0.0297 e. The molecular formula is C17H19N. The van der Waals surface area contributed by atoms with E-state index in [4.69, 9.17) is 5.73 Å². The first kappa shape index (κ1) is 11.5. The highest BCUT2D eigenvalue weighted by Gasteiger charge is 2.15. The van der Waals surface area contributed by atoms with Gasteiger partial charge in [0.25, 0.3) is 0 Å². The number of rotatable bonds is 1. The highest BCUT2D eigenvalue weighted by atomic mass is 14.6. The summed E-state index contributed by atoms with van der Waals surface area (Å²) in [5, 5.41) is 0. The molecule has 0 radical (unpaired) electrons. The van der Waals surface area contributed by atoms with E-state index in [0.29, 0.717) is 0 Å². The zero-order valence-electron chi connectivity index (χ0n) is 10.6. The third kappa shape index (κ3) is 2.19. The lowest BCUT2D eigenvalue weighted by molar-refractivity contribution is 0.615. The molecule has 1 aliphatic carbocycles. The molecule has 92 valence electrons. The summed E-state index contributed by atoms with van der Waals surface area (Å²) in [4.78, 5) is 0. The average Bonchev–Trinajstić information content (AvgIpc) is 2.62. The van der Waals surface area contributed by atoms with Crippen molar-refractivity contribution in [3.63, 3.8) is 0 Å². The van der Waals surface area contributed by atoms with Crippen LogP contribution in [0.2, 0.25) is 0 Å². The molecule has 2 aromatic carbocycles. The lowest BCUT2D eigenvalue weighted by Crippen LogP contribution is -2.10. The molecule has 0 unspecified atom stereocenters. The molecule has 0 aromatic heterocycles. The van der Waals surface area contributed by atoms with E-state index in [-0.39, 0.29) is 6.04 Å². The first-order valence-corrected chi connectivity index (χ1v) is 6.78. The Bertz CT molecular complexity index is 531. The zero-order valence-corrected chi connectivity index (χ0v) is 10.6. The van der Waals surface area contributed by atoms with Crippen molar-refractivity contribution < 1.29 is 0 Å². The predicted molar refractivity (Wildman–Crippen MR) is 76.4 cm³/mol. The quantitative estimate of drug-likeness (QED) is 0.743. The van der Waals surface area contributed by atoms with Crippen LogP contribution in [0, 0.1) is 0 Å². The summed E-state index contributed by atoms with van der Waals surface area (Å²) in [6, 6.07) is 17.5. The van der Waals surface area contributed by atoms with E-state index >= 15 is 0 Å². The Labute approximate surface area is 109 Å². The second-order valence-electron chi connectivity index (χ2n) is 5.13. The first-order chi connectivity index (χ1) is 8.84. The third-order valence-electron chi connectivity index (χ3n) is 3.86. The average molecular weight is 237 g/mol. The molecule has 0 saturated heterocycles. The van der Waals surface area contributed by atoms with Gasteiger partial charge in [0, 0.05) is 6.04 Å². The molecule has 0 bridgehead atoms. The van der Waals surface area contributed by atoms with Gasteiger partial charge in [-0.25, -0.2) is 0 Å². The van der Waals surface area contributed by atoms with Gasteiger partial charge in [-0.05, 0) is 47.6 Å². The molecule has 1 heteroatoms. The minimum atomic E-state index is 0.214. The fourth-order valence-electron chi connectivity index (χ4n) is 2.81. The van der Waals surface area contributed by atoms with Crippen LogP contribution < -0.4 is 5.73 Å². The number of nitrogens with two attached hydrogens (primary N) is 1. The van der Waals surface area contributed by atoms with E-state index < -0.39 is 0 Å². The van der Waals surface area contributed by atoms with Crippen LogP contribution in [-0.4, -0.2) is 0 Å². The van der Waals surface area contributed by atoms with Crippen LogP contribution in [0.4, 0.5) is 0 Å². The van der Waals surface area contributed by atoms with Crippen molar-refractivity contribution in [3.8, 4) is 11.1 Å². The summed E-state index contributed by atoms with van der Waals surface area (Å²) in [5.74, 6) is 0. The molecule has 1 aliphatic rings.